The van der Waals surface area contributed by atoms with Gasteiger partial charge in [0.25, 0.3) is 0 Å². The molecule has 2 rings (SSSR count). The molecule has 0 aromatic carbocycles. The van der Waals surface area contributed by atoms with Gasteiger partial charge >= 0.3 is 12.1 Å². The van der Waals surface area contributed by atoms with Gasteiger partial charge in [0.1, 0.15) is 12.1 Å². The van der Waals surface area contributed by atoms with E-state index in [1.807, 2.05) is 13.8 Å². The summed E-state index contributed by atoms with van der Waals surface area (Å²) in [6.07, 6.45) is 4.49. The Hall–Kier alpha value is -1.26. The molecule has 2 aliphatic carbocycles. The molecular weight excluding hydrogens is 282 g/mol. The minimum absolute atomic E-state index is 0.0184. The summed E-state index contributed by atoms with van der Waals surface area (Å²) in [6, 6.07) is -0.619. The topological polar surface area (TPSA) is 64.6 Å². The van der Waals surface area contributed by atoms with Gasteiger partial charge in [-0.3, -0.25) is 0 Å². The quantitative estimate of drug-likeness (QED) is 0.765. The number of hydrogen-bond donors (Lipinski definition) is 1. The molecule has 5 heteroatoms. The number of ether oxygens (including phenoxy) is 2. The number of nitrogens with one attached hydrogen (secondary N) is 1. The Morgan fingerprint density at radius 3 is 2.45 bits per heavy atom. The van der Waals surface area contributed by atoms with E-state index < -0.39 is 12.1 Å². The predicted octanol–water partition coefficient (Wildman–Crippen LogP) is 3.27. The van der Waals surface area contributed by atoms with Gasteiger partial charge in [0, 0.05) is 5.92 Å². The monoisotopic (exact) mass is 311 g/mol. The highest BCUT2D eigenvalue weighted by Crippen LogP contribution is 2.58. The molecular formula is C17H29NO4. The summed E-state index contributed by atoms with van der Waals surface area (Å²) in [7, 11) is 0. The molecule has 0 aromatic heterocycles. The Labute approximate surface area is 133 Å². The number of esters is 1. The third-order valence-electron chi connectivity index (χ3n) is 5.20. The molecule has 0 heterocycles. The van der Waals surface area contributed by atoms with Crippen molar-refractivity contribution in [3.8, 4) is 0 Å². The Balaban J connectivity index is 1.92. The van der Waals surface area contributed by atoms with E-state index in [4.69, 9.17) is 9.47 Å². The number of rotatable bonds is 6. The van der Waals surface area contributed by atoms with Crippen molar-refractivity contribution >= 4 is 12.1 Å². The van der Waals surface area contributed by atoms with Crippen molar-refractivity contribution in [1.29, 1.82) is 0 Å². The average Bonchev–Trinajstić information content (AvgIpc) is 2.61. The van der Waals surface area contributed by atoms with Crippen LogP contribution in [0.1, 0.15) is 59.8 Å². The summed E-state index contributed by atoms with van der Waals surface area (Å²) in [4.78, 5) is 24.1. The number of fused-ring (bicyclic) bond motifs is 1. The van der Waals surface area contributed by atoms with Crippen LogP contribution in [0.2, 0.25) is 0 Å². The largest absolute Gasteiger partial charge is 0.461 e. The van der Waals surface area contributed by atoms with Gasteiger partial charge in [0.05, 0.1) is 6.61 Å². The molecule has 2 saturated carbocycles. The molecule has 0 radical (unpaired) electrons. The van der Waals surface area contributed by atoms with Crippen LogP contribution in [-0.2, 0) is 14.3 Å². The van der Waals surface area contributed by atoms with Crippen LogP contribution in [0.15, 0.2) is 0 Å². The fourth-order valence-corrected chi connectivity index (χ4v) is 3.79. The van der Waals surface area contributed by atoms with Crippen molar-refractivity contribution < 1.29 is 19.1 Å². The predicted molar refractivity (Wildman–Crippen MR) is 83.3 cm³/mol. The molecule has 5 nitrogen and oxygen atoms in total. The van der Waals surface area contributed by atoms with Crippen molar-refractivity contribution in [1.82, 2.24) is 5.32 Å². The zero-order valence-corrected chi connectivity index (χ0v) is 14.2. The number of amides is 1. The number of carbonyl (C=O) groups is 2. The van der Waals surface area contributed by atoms with E-state index in [-0.39, 0.29) is 18.0 Å². The highest BCUT2D eigenvalue weighted by molar-refractivity contribution is 5.81. The van der Waals surface area contributed by atoms with Crippen LogP contribution >= 0.6 is 0 Å². The molecule has 126 valence electrons. The molecule has 2 aliphatic rings. The van der Waals surface area contributed by atoms with E-state index in [1.54, 1.807) is 6.92 Å². The standard InChI is InChI=1S/C17H29NO4/c1-5-21-16(20)18-13(10-11(2)3)15(19)22-14-7-9-17(4)8-6-12(14)17/h11-14H,5-10H2,1-4H3,(H,18,20)/t12-,13+,14+,17+/m1/s1. The fraction of sp³-hybridized carbons (Fsp3) is 0.882. The molecule has 0 saturated heterocycles. The zero-order valence-electron chi connectivity index (χ0n) is 14.2. The molecule has 22 heavy (non-hydrogen) atoms. The van der Waals surface area contributed by atoms with E-state index in [9.17, 15) is 9.59 Å². The van der Waals surface area contributed by atoms with Gasteiger partial charge in [-0.25, -0.2) is 9.59 Å². The van der Waals surface area contributed by atoms with Crippen LogP contribution in [0, 0.1) is 17.3 Å². The normalized spacial score (nSPS) is 31.1. The van der Waals surface area contributed by atoms with Crippen molar-refractivity contribution in [2.24, 2.45) is 17.3 Å². The molecule has 0 bridgehead atoms. The molecule has 4 atom stereocenters. The van der Waals surface area contributed by atoms with Crippen LogP contribution in [0.5, 0.6) is 0 Å². The first-order valence-electron chi connectivity index (χ1n) is 8.49. The summed E-state index contributed by atoms with van der Waals surface area (Å²) in [6.45, 7) is 8.36. The van der Waals surface area contributed by atoms with Gasteiger partial charge in [-0.1, -0.05) is 20.8 Å². The van der Waals surface area contributed by atoms with E-state index >= 15 is 0 Å². The molecule has 1 amide bonds. The molecule has 0 spiro atoms. The Bertz CT molecular complexity index is 423. The number of hydrogen-bond acceptors (Lipinski definition) is 4. The van der Waals surface area contributed by atoms with Crippen molar-refractivity contribution in [2.75, 3.05) is 6.61 Å². The Morgan fingerprint density at radius 2 is 1.95 bits per heavy atom. The zero-order chi connectivity index (χ0) is 16.3. The SMILES string of the molecule is CCOC(=O)N[C@@H](CC(C)C)C(=O)O[C@H]1CC[C@]2(C)CC[C@H]12. The third kappa shape index (κ3) is 3.73. The lowest BCUT2D eigenvalue weighted by atomic mass is 9.63. The lowest BCUT2D eigenvalue weighted by Crippen LogP contribution is -2.46. The number of alkyl carbamates (subject to hydrolysis) is 1. The maximum Gasteiger partial charge on any atom is 0.407 e. The smallest absolute Gasteiger partial charge is 0.407 e. The van der Waals surface area contributed by atoms with Gasteiger partial charge in [-0.15, -0.1) is 0 Å². The van der Waals surface area contributed by atoms with Crippen LogP contribution in [0.4, 0.5) is 4.79 Å². The van der Waals surface area contributed by atoms with Gasteiger partial charge in [-0.05, 0) is 50.4 Å². The highest BCUT2D eigenvalue weighted by atomic mass is 16.6. The average molecular weight is 311 g/mol. The second kappa shape index (κ2) is 6.88. The summed E-state index contributed by atoms with van der Waals surface area (Å²) in [5.74, 6) is 0.471. The first kappa shape index (κ1) is 17.1. The van der Waals surface area contributed by atoms with E-state index in [0.29, 0.717) is 24.4 Å². The lowest BCUT2D eigenvalue weighted by Gasteiger charge is -2.43. The maximum atomic E-state index is 12.5. The fourth-order valence-electron chi connectivity index (χ4n) is 3.79. The minimum Gasteiger partial charge on any atom is -0.461 e. The lowest BCUT2D eigenvalue weighted by molar-refractivity contribution is -0.157. The first-order valence-corrected chi connectivity index (χ1v) is 8.49. The third-order valence-corrected chi connectivity index (χ3v) is 5.20. The second-order valence-electron chi connectivity index (χ2n) is 7.36. The van der Waals surface area contributed by atoms with Crippen LogP contribution in [0.3, 0.4) is 0 Å². The van der Waals surface area contributed by atoms with Crippen LogP contribution < -0.4 is 5.32 Å². The molecule has 0 aromatic rings. The highest BCUT2D eigenvalue weighted by Gasteiger charge is 2.53. The second-order valence-corrected chi connectivity index (χ2v) is 7.36. The van der Waals surface area contributed by atoms with Crippen LogP contribution in [0.25, 0.3) is 0 Å². The van der Waals surface area contributed by atoms with E-state index in [0.717, 1.165) is 19.3 Å². The molecule has 1 N–H and O–H groups in total. The van der Waals surface area contributed by atoms with Crippen molar-refractivity contribution in [3.63, 3.8) is 0 Å². The van der Waals surface area contributed by atoms with E-state index in [1.165, 1.54) is 6.42 Å². The summed E-state index contributed by atoms with van der Waals surface area (Å²) in [5, 5.41) is 2.64. The Kier molecular flexibility index (Phi) is 5.35. The molecule has 0 unspecified atom stereocenters. The molecule has 2 fully saturated rings. The van der Waals surface area contributed by atoms with Crippen LogP contribution in [-0.4, -0.2) is 30.8 Å². The summed E-state index contributed by atoms with van der Waals surface area (Å²) in [5.41, 5.74) is 0.368. The summed E-state index contributed by atoms with van der Waals surface area (Å²) >= 11 is 0. The van der Waals surface area contributed by atoms with E-state index in [2.05, 4.69) is 12.2 Å². The maximum absolute atomic E-state index is 12.5. The van der Waals surface area contributed by atoms with Crippen molar-refractivity contribution in [2.45, 2.75) is 71.9 Å². The van der Waals surface area contributed by atoms with Gasteiger partial charge in [0.15, 0.2) is 0 Å². The molecule has 0 aliphatic heterocycles. The van der Waals surface area contributed by atoms with Gasteiger partial charge in [-0.2, -0.15) is 0 Å². The van der Waals surface area contributed by atoms with Gasteiger partial charge in [0.2, 0.25) is 0 Å². The Morgan fingerprint density at radius 1 is 1.27 bits per heavy atom. The first-order chi connectivity index (χ1) is 10.4. The van der Waals surface area contributed by atoms with Gasteiger partial charge < -0.3 is 14.8 Å². The summed E-state index contributed by atoms with van der Waals surface area (Å²) < 4.78 is 10.6. The van der Waals surface area contributed by atoms with Crippen molar-refractivity contribution in [3.05, 3.63) is 0 Å². The minimum atomic E-state index is -0.619. The number of carbonyl (C=O) groups excluding carboxylic acids is 2.